The third-order valence-electron chi connectivity index (χ3n) is 3.18. The lowest BCUT2D eigenvalue weighted by Crippen LogP contribution is -2.35. The number of hydrogen-bond donors (Lipinski definition) is 1. The number of nitro benzene ring substituents is 1. The molecule has 0 heterocycles. The predicted molar refractivity (Wildman–Crippen MR) is 62.7 cm³/mol. The van der Waals surface area contributed by atoms with Crippen LogP contribution in [0.3, 0.4) is 0 Å². The highest BCUT2D eigenvalue weighted by molar-refractivity contribution is 5.95. The van der Waals surface area contributed by atoms with Gasteiger partial charge in [0.05, 0.1) is 4.92 Å². The number of halogens is 2. The van der Waals surface area contributed by atoms with Crippen molar-refractivity contribution in [3.63, 3.8) is 0 Å². The summed E-state index contributed by atoms with van der Waals surface area (Å²) in [5.41, 5.74) is -1.81. The number of carbonyl (C=O) groups is 1. The first-order valence-electron chi connectivity index (χ1n) is 5.85. The van der Waals surface area contributed by atoms with E-state index in [0.29, 0.717) is 12.0 Å². The molecule has 1 aromatic rings. The van der Waals surface area contributed by atoms with Crippen molar-refractivity contribution in [1.29, 1.82) is 0 Å². The van der Waals surface area contributed by atoms with Gasteiger partial charge in [0.25, 0.3) is 5.91 Å². The molecule has 1 saturated carbocycles. The fourth-order valence-corrected chi connectivity index (χ4v) is 1.88. The number of nitrogens with zero attached hydrogens (tertiary/aromatic N) is 1. The summed E-state index contributed by atoms with van der Waals surface area (Å²) in [7, 11) is 0. The molecule has 0 saturated heterocycles. The van der Waals surface area contributed by atoms with Crippen LogP contribution in [-0.4, -0.2) is 16.9 Å². The zero-order chi connectivity index (χ0) is 14.2. The van der Waals surface area contributed by atoms with E-state index in [1.807, 2.05) is 0 Å². The smallest absolute Gasteiger partial charge is 0.305 e. The summed E-state index contributed by atoms with van der Waals surface area (Å²) >= 11 is 0. The molecule has 1 atom stereocenters. The summed E-state index contributed by atoms with van der Waals surface area (Å²) in [5.74, 6) is -3.19. The Balaban J connectivity index is 2.29. The number of rotatable bonds is 4. The topological polar surface area (TPSA) is 72.2 Å². The van der Waals surface area contributed by atoms with Gasteiger partial charge in [0.1, 0.15) is 11.4 Å². The molecule has 19 heavy (non-hydrogen) atoms. The summed E-state index contributed by atoms with van der Waals surface area (Å²) in [6.45, 7) is 1.74. The molecule has 0 bridgehead atoms. The minimum atomic E-state index is -1.44. The van der Waals surface area contributed by atoms with Gasteiger partial charge in [-0.2, -0.15) is 4.39 Å². The van der Waals surface area contributed by atoms with Crippen molar-refractivity contribution in [3.8, 4) is 0 Å². The van der Waals surface area contributed by atoms with Crippen LogP contribution in [0.1, 0.15) is 30.1 Å². The summed E-state index contributed by atoms with van der Waals surface area (Å²) in [4.78, 5) is 21.4. The van der Waals surface area contributed by atoms with E-state index in [4.69, 9.17) is 0 Å². The normalized spacial score (nSPS) is 15.9. The average molecular weight is 270 g/mol. The van der Waals surface area contributed by atoms with Gasteiger partial charge in [-0.15, -0.1) is 0 Å². The van der Waals surface area contributed by atoms with Crippen molar-refractivity contribution in [3.05, 3.63) is 39.4 Å². The number of hydrogen-bond acceptors (Lipinski definition) is 3. The molecule has 0 radical (unpaired) electrons. The van der Waals surface area contributed by atoms with E-state index in [2.05, 4.69) is 5.32 Å². The fraction of sp³-hybridized carbons (Fsp3) is 0.417. The Morgan fingerprint density at radius 3 is 2.63 bits per heavy atom. The first-order valence-corrected chi connectivity index (χ1v) is 5.85. The molecule has 1 aliphatic carbocycles. The predicted octanol–water partition coefficient (Wildman–Crippen LogP) is 2.40. The highest BCUT2D eigenvalue weighted by atomic mass is 19.1. The van der Waals surface area contributed by atoms with Crippen molar-refractivity contribution in [2.24, 2.45) is 5.92 Å². The van der Waals surface area contributed by atoms with E-state index in [1.165, 1.54) is 0 Å². The SMILES string of the molecule is CC(NC(=O)c1c(F)ccc([N+](=O)[O-])c1F)C1CC1. The standard InChI is InChI=1S/C12H12F2N2O3/c1-6(7-2-3-7)15-12(17)10-8(13)4-5-9(11(10)14)16(18)19/h4-7H,2-3H2,1H3,(H,15,17). The maximum Gasteiger partial charge on any atom is 0.305 e. The molecule has 1 unspecified atom stereocenters. The van der Waals surface area contributed by atoms with Crippen LogP contribution >= 0.6 is 0 Å². The molecule has 1 amide bonds. The Labute approximate surface area is 107 Å². The van der Waals surface area contributed by atoms with Crippen LogP contribution in [0.2, 0.25) is 0 Å². The zero-order valence-corrected chi connectivity index (χ0v) is 10.2. The van der Waals surface area contributed by atoms with Gasteiger partial charge in [-0.1, -0.05) is 0 Å². The molecular formula is C12H12F2N2O3. The molecule has 0 spiro atoms. The molecule has 1 aliphatic rings. The van der Waals surface area contributed by atoms with E-state index in [1.54, 1.807) is 6.92 Å². The van der Waals surface area contributed by atoms with Gasteiger partial charge < -0.3 is 5.32 Å². The minimum absolute atomic E-state index is 0.203. The molecule has 1 fully saturated rings. The second-order valence-electron chi connectivity index (χ2n) is 4.61. The van der Waals surface area contributed by atoms with Gasteiger partial charge in [0.15, 0.2) is 0 Å². The van der Waals surface area contributed by atoms with Crippen LogP contribution in [0, 0.1) is 27.7 Å². The van der Waals surface area contributed by atoms with Gasteiger partial charge in [0, 0.05) is 12.1 Å². The van der Waals surface area contributed by atoms with Gasteiger partial charge >= 0.3 is 5.69 Å². The van der Waals surface area contributed by atoms with Crippen molar-refractivity contribution in [1.82, 2.24) is 5.32 Å². The third-order valence-corrected chi connectivity index (χ3v) is 3.18. The zero-order valence-electron chi connectivity index (χ0n) is 10.2. The number of benzene rings is 1. The Bertz CT molecular complexity index is 544. The number of carbonyl (C=O) groups excluding carboxylic acids is 1. The molecule has 1 aromatic carbocycles. The van der Waals surface area contributed by atoms with E-state index < -0.39 is 33.7 Å². The van der Waals surface area contributed by atoms with Crippen LogP contribution in [0.4, 0.5) is 14.5 Å². The Morgan fingerprint density at radius 1 is 1.47 bits per heavy atom. The summed E-state index contributed by atoms with van der Waals surface area (Å²) in [5, 5.41) is 13.0. The van der Waals surface area contributed by atoms with E-state index in [9.17, 15) is 23.7 Å². The molecule has 2 rings (SSSR count). The summed E-state index contributed by atoms with van der Waals surface area (Å²) in [6.07, 6.45) is 1.92. The van der Waals surface area contributed by atoms with Crippen molar-refractivity contribution in [2.75, 3.05) is 0 Å². The van der Waals surface area contributed by atoms with Gasteiger partial charge in [-0.25, -0.2) is 4.39 Å². The van der Waals surface area contributed by atoms with Gasteiger partial charge in [0.2, 0.25) is 5.82 Å². The Kier molecular flexibility index (Phi) is 3.46. The molecular weight excluding hydrogens is 258 g/mol. The van der Waals surface area contributed by atoms with Crippen LogP contribution in [0.5, 0.6) is 0 Å². The quantitative estimate of drug-likeness (QED) is 0.674. The molecule has 5 nitrogen and oxygen atoms in total. The summed E-state index contributed by atoms with van der Waals surface area (Å²) < 4.78 is 27.2. The van der Waals surface area contributed by atoms with Crippen molar-refractivity contribution in [2.45, 2.75) is 25.8 Å². The third kappa shape index (κ3) is 2.69. The number of nitrogens with one attached hydrogen (secondary N) is 1. The number of nitro groups is 1. The van der Waals surface area contributed by atoms with E-state index >= 15 is 0 Å². The lowest BCUT2D eigenvalue weighted by atomic mass is 10.1. The largest absolute Gasteiger partial charge is 0.349 e. The fourth-order valence-electron chi connectivity index (χ4n) is 1.88. The Morgan fingerprint density at radius 2 is 2.11 bits per heavy atom. The van der Waals surface area contributed by atoms with E-state index in [-0.39, 0.29) is 6.04 Å². The minimum Gasteiger partial charge on any atom is -0.349 e. The maximum absolute atomic E-state index is 13.8. The van der Waals surface area contributed by atoms with E-state index in [0.717, 1.165) is 18.9 Å². The molecule has 1 N–H and O–H groups in total. The number of amides is 1. The monoisotopic (exact) mass is 270 g/mol. The van der Waals surface area contributed by atoms with Gasteiger partial charge in [-0.05, 0) is 31.7 Å². The van der Waals surface area contributed by atoms with Gasteiger partial charge in [-0.3, -0.25) is 14.9 Å². The maximum atomic E-state index is 13.8. The lowest BCUT2D eigenvalue weighted by Gasteiger charge is -2.13. The first-order chi connectivity index (χ1) is 8.91. The second-order valence-corrected chi connectivity index (χ2v) is 4.61. The Hall–Kier alpha value is -2.05. The van der Waals surface area contributed by atoms with Crippen molar-refractivity contribution < 1.29 is 18.5 Å². The molecule has 0 aromatic heterocycles. The summed E-state index contributed by atoms with van der Waals surface area (Å²) in [6, 6.07) is 1.22. The second kappa shape index (κ2) is 4.91. The highest BCUT2D eigenvalue weighted by Crippen LogP contribution is 2.32. The first kappa shape index (κ1) is 13.4. The van der Waals surface area contributed by atoms with Crippen LogP contribution in [-0.2, 0) is 0 Å². The average Bonchev–Trinajstić information content (AvgIpc) is 3.11. The van der Waals surface area contributed by atoms with Crippen LogP contribution in [0.15, 0.2) is 12.1 Å². The molecule has 7 heteroatoms. The molecule has 0 aliphatic heterocycles. The highest BCUT2D eigenvalue weighted by Gasteiger charge is 2.32. The van der Waals surface area contributed by atoms with Crippen LogP contribution < -0.4 is 5.32 Å². The van der Waals surface area contributed by atoms with Crippen molar-refractivity contribution >= 4 is 11.6 Å². The molecule has 102 valence electrons. The lowest BCUT2D eigenvalue weighted by molar-refractivity contribution is -0.387. The van der Waals surface area contributed by atoms with Crippen LogP contribution in [0.25, 0.3) is 0 Å².